The average molecular weight is 1180 g/mol. The van der Waals surface area contributed by atoms with E-state index in [1.807, 2.05) is 152 Å². The fraction of sp³-hybridized carbons (Fsp3) is 0.324. The molecule has 2 saturated heterocycles. The van der Waals surface area contributed by atoms with Crippen molar-refractivity contribution < 1.29 is 66.5 Å². The molecular formula is C68H71ClN2O14. The zero-order valence-corrected chi connectivity index (χ0v) is 48.7. The van der Waals surface area contributed by atoms with E-state index in [0.717, 1.165) is 27.8 Å². The van der Waals surface area contributed by atoms with Gasteiger partial charge >= 0.3 is 11.9 Å². The summed E-state index contributed by atoms with van der Waals surface area (Å²) in [4.78, 5) is 51.9. The van der Waals surface area contributed by atoms with Crippen LogP contribution < -0.4 is 15.4 Å². The largest absolute Gasteiger partial charge is 0.463 e. The van der Waals surface area contributed by atoms with E-state index in [2.05, 4.69) is 10.6 Å². The van der Waals surface area contributed by atoms with E-state index in [1.165, 1.54) is 34.0 Å². The van der Waals surface area contributed by atoms with Crippen LogP contribution in [0.25, 0.3) is 11.1 Å². The Labute approximate surface area is 500 Å². The Morgan fingerprint density at radius 1 is 0.435 bits per heavy atom. The summed E-state index contributed by atoms with van der Waals surface area (Å²) in [5.41, 5.74) is 5.94. The molecule has 0 bridgehead atoms. The van der Waals surface area contributed by atoms with Crippen molar-refractivity contribution in [3.63, 3.8) is 0 Å². The molecule has 2 amide bonds. The number of esters is 2. The van der Waals surface area contributed by atoms with Crippen LogP contribution in [0, 0.1) is 5.92 Å². The number of ether oxygens (including phenoxy) is 10. The van der Waals surface area contributed by atoms with Crippen LogP contribution in [0.4, 0.5) is 0 Å². The minimum absolute atomic E-state index is 0.0906. The van der Waals surface area contributed by atoms with Gasteiger partial charge in [-0.05, 0) is 81.8 Å². The Hall–Kier alpha value is -7.77. The Morgan fingerprint density at radius 3 is 1.24 bits per heavy atom. The summed E-state index contributed by atoms with van der Waals surface area (Å²) < 4.78 is 68.4. The molecule has 2 fully saturated rings. The predicted molar refractivity (Wildman–Crippen MR) is 318 cm³/mol. The normalized spacial score (nSPS) is 21.9. The third kappa shape index (κ3) is 17.4. The van der Waals surface area contributed by atoms with E-state index in [1.54, 1.807) is 30.3 Å². The third-order valence-corrected chi connectivity index (χ3v) is 14.9. The molecule has 10 atom stereocenters. The van der Waals surface area contributed by atoms with Crippen molar-refractivity contribution in [2.24, 2.45) is 5.92 Å². The van der Waals surface area contributed by atoms with Crippen molar-refractivity contribution in [1.82, 2.24) is 10.6 Å². The van der Waals surface area contributed by atoms with E-state index < -0.39 is 84.8 Å². The maximum atomic E-state index is 13.1. The van der Waals surface area contributed by atoms with Gasteiger partial charge in [0.05, 0.1) is 45.2 Å². The van der Waals surface area contributed by atoms with Gasteiger partial charge < -0.3 is 58.0 Å². The van der Waals surface area contributed by atoms with Gasteiger partial charge in [0.15, 0.2) is 0 Å². The smallest absolute Gasteiger partial charge is 0.302 e. The Balaban J connectivity index is 1.18. The molecular weight excluding hydrogens is 1100 g/mol. The van der Waals surface area contributed by atoms with Crippen LogP contribution in [0.2, 0.25) is 5.02 Å². The minimum atomic E-state index is -1.27. The van der Waals surface area contributed by atoms with Crippen LogP contribution in [0.3, 0.4) is 0 Å². The van der Waals surface area contributed by atoms with Crippen molar-refractivity contribution in [3.05, 3.63) is 232 Å². The van der Waals surface area contributed by atoms with Gasteiger partial charge in [-0.25, -0.2) is 0 Å². The van der Waals surface area contributed by atoms with Gasteiger partial charge in [-0.3, -0.25) is 19.2 Å². The first-order chi connectivity index (χ1) is 41.4. The molecule has 17 heteroatoms. The number of halogens is 1. The zero-order chi connectivity index (χ0) is 59.5. The molecule has 16 nitrogen and oxygen atoms in total. The molecule has 0 saturated carbocycles. The first-order valence-corrected chi connectivity index (χ1v) is 28.7. The quantitative estimate of drug-likeness (QED) is 0.0488. The lowest BCUT2D eigenvalue weighted by atomic mass is 9.80. The number of hydrogen-bond acceptors (Lipinski definition) is 14. The predicted octanol–water partition coefficient (Wildman–Crippen LogP) is 10.7. The number of carbonyl (C=O) groups excluding carboxylic acids is 4. The molecule has 0 aromatic heterocycles. The van der Waals surface area contributed by atoms with Crippen molar-refractivity contribution in [3.8, 4) is 16.9 Å². The lowest BCUT2D eigenvalue weighted by molar-refractivity contribution is -0.304. The van der Waals surface area contributed by atoms with Crippen molar-refractivity contribution in [2.75, 3.05) is 27.3 Å². The standard InChI is InChI=1S/C68H71ClN2O14/c1-44(72)76-42-59-61(78-37-46-20-10-5-11-21-46)57(62(79-38-47-22-12-6-13-23-47)68(85-59)83-56-34-52(33-55(69)35-56)51-30-53(66(74)70-3)32-54(31-51)67(75)71-4)36-58-63(80-39-48-24-14-7-15-25-48)65(82-41-50-28-18-9-19-29-50)64(60(84-58)43-77-45(2)73)81-40-49-26-16-8-17-27-49/h5-35,57-65,68H,36-43H2,1-4H3,(H,70,74)(H,71,75)/t57-,58+,59+,60+,61-,62-,63+,64+,65-,68-/m0/s1. The monoisotopic (exact) mass is 1170 g/mol. The highest BCUT2D eigenvalue weighted by molar-refractivity contribution is 6.31. The summed E-state index contributed by atoms with van der Waals surface area (Å²) in [7, 11) is 3.02. The Bertz CT molecular complexity index is 3220. The third-order valence-electron chi connectivity index (χ3n) is 14.7. The van der Waals surface area contributed by atoms with Gasteiger partial charge in [0.2, 0.25) is 6.29 Å². The Kier molecular flexibility index (Phi) is 22.4. The van der Waals surface area contributed by atoms with Gasteiger partial charge in [-0.1, -0.05) is 163 Å². The second kappa shape index (κ2) is 30.9. The van der Waals surface area contributed by atoms with E-state index in [-0.39, 0.29) is 74.6 Å². The highest BCUT2D eigenvalue weighted by Crippen LogP contribution is 2.42. The second-order valence-corrected chi connectivity index (χ2v) is 21.3. The molecule has 0 spiro atoms. The van der Waals surface area contributed by atoms with Gasteiger partial charge in [-0.15, -0.1) is 0 Å². The van der Waals surface area contributed by atoms with Gasteiger partial charge in [-0.2, -0.15) is 0 Å². The van der Waals surface area contributed by atoms with E-state index in [4.69, 9.17) is 59.0 Å². The molecule has 444 valence electrons. The van der Waals surface area contributed by atoms with Crippen molar-refractivity contribution in [1.29, 1.82) is 0 Å². The number of carbonyl (C=O) groups is 4. The van der Waals surface area contributed by atoms with Gasteiger partial charge in [0.1, 0.15) is 55.6 Å². The number of rotatable bonds is 26. The molecule has 7 aromatic carbocycles. The maximum absolute atomic E-state index is 13.1. The van der Waals surface area contributed by atoms with Crippen LogP contribution >= 0.6 is 11.6 Å². The number of nitrogens with one attached hydrogen (secondary N) is 2. The van der Waals surface area contributed by atoms with Gasteiger partial charge in [0, 0.05) is 50.0 Å². The molecule has 2 aliphatic heterocycles. The lowest BCUT2D eigenvalue weighted by Crippen LogP contribution is -2.64. The molecule has 0 radical (unpaired) electrons. The second-order valence-electron chi connectivity index (χ2n) is 20.8. The van der Waals surface area contributed by atoms with Crippen LogP contribution in [0.1, 0.15) is 68.8 Å². The highest BCUT2D eigenvalue weighted by atomic mass is 35.5. The summed E-state index contributed by atoms with van der Waals surface area (Å²) in [5.74, 6) is -2.36. The average Bonchev–Trinajstić information content (AvgIpc) is 1.82. The molecule has 0 aliphatic carbocycles. The highest BCUT2D eigenvalue weighted by Gasteiger charge is 2.54. The summed E-state index contributed by atoms with van der Waals surface area (Å²) in [6, 6.07) is 58.5. The topological polar surface area (TPSA) is 185 Å². The number of benzene rings is 7. The van der Waals surface area contributed by atoms with Crippen molar-refractivity contribution >= 4 is 35.4 Å². The number of hydrogen-bond donors (Lipinski definition) is 2. The summed E-state index contributed by atoms with van der Waals surface area (Å²) in [6.07, 6.45) is -8.41. The van der Waals surface area contributed by atoms with E-state index in [0.29, 0.717) is 11.1 Å². The summed E-state index contributed by atoms with van der Waals surface area (Å²) in [5, 5.41) is 5.56. The molecule has 7 aromatic rings. The summed E-state index contributed by atoms with van der Waals surface area (Å²) >= 11 is 6.97. The zero-order valence-electron chi connectivity index (χ0n) is 47.9. The molecule has 2 aliphatic rings. The maximum Gasteiger partial charge on any atom is 0.302 e. The number of amides is 2. The summed E-state index contributed by atoms with van der Waals surface area (Å²) in [6.45, 7) is 2.94. The van der Waals surface area contributed by atoms with Crippen LogP contribution in [0.15, 0.2) is 188 Å². The fourth-order valence-electron chi connectivity index (χ4n) is 10.6. The van der Waals surface area contributed by atoms with Gasteiger partial charge in [0.25, 0.3) is 11.8 Å². The van der Waals surface area contributed by atoms with Crippen LogP contribution in [-0.4, -0.2) is 106 Å². The first-order valence-electron chi connectivity index (χ1n) is 28.3. The van der Waals surface area contributed by atoms with Crippen LogP contribution in [-0.2, 0) is 85.3 Å². The SMILES string of the molecule is CNC(=O)c1cc(C(=O)NC)cc(-c2cc(Cl)cc(O[C@H]3O[C@H](COC(C)=O)[C@@H](OCc4ccccc4)[C@H](C[C@H]4O[C@H](COC(C)=O)[C@@H](OCc5ccccc5)[C@@H](OCc5ccccc5)[C@@H]4OCc4ccccc4)[C@@H]3OCc3ccccc3)c2)c1. The molecule has 2 N–H and O–H groups in total. The van der Waals surface area contributed by atoms with Crippen LogP contribution in [0.5, 0.6) is 5.75 Å². The lowest BCUT2D eigenvalue weighted by Gasteiger charge is -2.50. The molecule has 85 heavy (non-hydrogen) atoms. The van der Waals surface area contributed by atoms with E-state index >= 15 is 0 Å². The fourth-order valence-corrected chi connectivity index (χ4v) is 10.8. The first kappa shape index (κ1) is 61.8. The molecule has 2 heterocycles. The minimum Gasteiger partial charge on any atom is -0.463 e. The molecule has 0 unspecified atom stereocenters. The Morgan fingerprint density at radius 2 is 0.812 bits per heavy atom. The van der Waals surface area contributed by atoms with Crippen molar-refractivity contribution in [2.45, 2.75) is 108 Å². The van der Waals surface area contributed by atoms with E-state index in [9.17, 15) is 19.2 Å². The molecule has 9 rings (SSSR count).